The van der Waals surface area contributed by atoms with Gasteiger partial charge in [-0.1, -0.05) is 83.8 Å². The standard InChI is InChI=1S/C30H43FN2O3/c1-3-5-7-8-9-13-21-35-26-16-12-11-15-25(26)29-32-22-27(28(31)33-29)36-30(34)24-19-17-23(18-20-24)14-10-6-4-2/h11-12,15-16,22-24H,3-10,13-14,17-21H2,1-2H3. The first-order valence-electron chi connectivity index (χ1n) is 14.1. The molecule has 0 bridgehead atoms. The van der Waals surface area contributed by atoms with Crippen molar-refractivity contribution in [2.75, 3.05) is 6.61 Å². The fourth-order valence-electron chi connectivity index (χ4n) is 4.95. The van der Waals surface area contributed by atoms with Gasteiger partial charge in [0.05, 0.1) is 24.3 Å². The number of esters is 1. The zero-order valence-corrected chi connectivity index (χ0v) is 22.1. The van der Waals surface area contributed by atoms with E-state index in [2.05, 4.69) is 23.8 Å². The largest absolute Gasteiger partial charge is 0.493 e. The van der Waals surface area contributed by atoms with E-state index in [4.69, 9.17) is 9.47 Å². The summed E-state index contributed by atoms with van der Waals surface area (Å²) < 4.78 is 26.2. The van der Waals surface area contributed by atoms with Gasteiger partial charge in [-0.05, 0) is 50.2 Å². The van der Waals surface area contributed by atoms with Gasteiger partial charge in [-0.15, -0.1) is 0 Å². The van der Waals surface area contributed by atoms with Gasteiger partial charge < -0.3 is 9.47 Å². The molecule has 1 aromatic carbocycles. The Morgan fingerprint density at radius 2 is 1.61 bits per heavy atom. The van der Waals surface area contributed by atoms with E-state index < -0.39 is 5.95 Å². The van der Waals surface area contributed by atoms with E-state index in [0.29, 0.717) is 23.8 Å². The van der Waals surface area contributed by atoms with Crippen LogP contribution in [0, 0.1) is 17.8 Å². The summed E-state index contributed by atoms with van der Waals surface area (Å²) >= 11 is 0. The van der Waals surface area contributed by atoms with Crippen LogP contribution in [0.1, 0.15) is 104 Å². The number of halogens is 1. The molecule has 0 N–H and O–H groups in total. The van der Waals surface area contributed by atoms with E-state index in [9.17, 15) is 9.18 Å². The highest BCUT2D eigenvalue weighted by atomic mass is 19.1. The fourth-order valence-corrected chi connectivity index (χ4v) is 4.95. The third kappa shape index (κ3) is 8.86. The second kappa shape index (κ2) is 15.6. The van der Waals surface area contributed by atoms with Crippen molar-refractivity contribution >= 4 is 5.97 Å². The van der Waals surface area contributed by atoms with Crippen LogP contribution in [-0.4, -0.2) is 22.5 Å². The highest BCUT2D eigenvalue weighted by molar-refractivity contribution is 5.75. The van der Waals surface area contributed by atoms with Crippen molar-refractivity contribution in [3.05, 3.63) is 36.4 Å². The van der Waals surface area contributed by atoms with Crippen molar-refractivity contribution in [1.82, 2.24) is 9.97 Å². The van der Waals surface area contributed by atoms with Crippen LogP contribution in [0.5, 0.6) is 11.5 Å². The quantitative estimate of drug-likeness (QED) is 0.140. The number of hydrogen-bond donors (Lipinski definition) is 0. The lowest BCUT2D eigenvalue weighted by Crippen LogP contribution is -2.26. The summed E-state index contributed by atoms with van der Waals surface area (Å²) in [6.45, 7) is 5.02. The van der Waals surface area contributed by atoms with Crippen LogP contribution in [0.25, 0.3) is 11.4 Å². The molecule has 0 aliphatic heterocycles. The molecule has 0 radical (unpaired) electrons. The van der Waals surface area contributed by atoms with Crippen molar-refractivity contribution in [3.8, 4) is 22.9 Å². The number of ether oxygens (including phenoxy) is 2. The molecule has 0 spiro atoms. The van der Waals surface area contributed by atoms with E-state index in [0.717, 1.165) is 38.5 Å². The number of carbonyl (C=O) groups is 1. The Bertz CT molecular complexity index is 928. The first kappa shape index (κ1) is 28.1. The third-order valence-corrected chi connectivity index (χ3v) is 7.20. The van der Waals surface area contributed by atoms with Crippen molar-refractivity contribution in [1.29, 1.82) is 0 Å². The number of hydrogen-bond acceptors (Lipinski definition) is 5. The second-order valence-electron chi connectivity index (χ2n) is 10.1. The molecule has 1 saturated carbocycles. The summed E-state index contributed by atoms with van der Waals surface area (Å²) in [5.74, 6) is -0.0400. The predicted octanol–water partition coefficient (Wildman–Crippen LogP) is 8.31. The predicted molar refractivity (Wildman–Crippen MR) is 142 cm³/mol. The number of aromatic nitrogens is 2. The van der Waals surface area contributed by atoms with E-state index >= 15 is 0 Å². The Hall–Kier alpha value is -2.50. The van der Waals surface area contributed by atoms with Gasteiger partial charge in [-0.3, -0.25) is 4.79 Å². The van der Waals surface area contributed by atoms with Gasteiger partial charge in [0.15, 0.2) is 5.82 Å². The summed E-state index contributed by atoms with van der Waals surface area (Å²) in [6, 6.07) is 7.39. The number of nitrogens with zero attached hydrogens (tertiary/aromatic N) is 2. The van der Waals surface area contributed by atoms with Crippen LogP contribution in [0.2, 0.25) is 0 Å². The zero-order chi connectivity index (χ0) is 25.6. The Kier molecular flexibility index (Phi) is 12.1. The van der Waals surface area contributed by atoms with Crippen LogP contribution >= 0.6 is 0 Å². The molecule has 1 fully saturated rings. The fraction of sp³-hybridized carbons (Fsp3) is 0.633. The number of rotatable bonds is 15. The normalized spacial score (nSPS) is 17.6. The minimum atomic E-state index is -0.827. The maximum absolute atomic E-state index is 14.8. The van der Waals surface area contributed by atoms with Crippen LogP contribution in [0.3, 0.4) is 0 Å². The minimum absolute atomic E-state index is 0.178. The van der Waals surface area contributed by atoms with E-state index in [1.54, 1.807) is 0 Å². The molecule has 6 heteroatoms. The second-order valence-corrected chi connectivity index (χ2v) is 10.1. The number of carbonyl (C=O) groups excluding carboxylic acids is 1. The molecule has 5 nitrogen and oxygen atoms in total. The third-order valence-electron chi connectivity index (χ3n) is 7.20. The number of benzene rings is 1. The molecule has 1 heterocycles. The van der Waals surface area contributed by atoms with Crippen molar-refractivity contribution < 1.29 is 18.7 Å². The lowest BCUT2D eigenvalue weighted by molar-refractivity contribution is -0.140. The summed E-state index contributed by atoms with van der Waals surface area (Å²) in [5.41, 5.74) is 0.627. The SMILES string of the molecule is CCCCCCCCOc1ccccc1-c1ncc(OC(=O)C2CCC(CCCCC)CC2)c(F)n1. The van der Waals surface area contributed by atoms with Gasteiger partial charge in [0, 0.05) is 0 Å². The van der Waals surface area contributed by atoms with Gasteiger partial charge in [0.2, 0.25) is 5.75 Å². The van der Waals surface area contributed by atoms with Crippen molar-refractivity contribution in [2.45, 2.75) is 104 Å². The Balaban J connectivity index is 1.52. The molecule has 0 saturated heterocycles. The average molecular weight is 499 g/mol. The minimum Gasteiger partial charge on any atom is -0.493 e. The number of para-hydroxylation sites is 1. The van der Waals surface area contributed by atoms with Gasteiger partial charge in [-0.25, -0.2) is 4.98 Å². The van der Waals surface area contributed by atoms with E-state index in [-0.39, 0.29) is 23.5 Å². The maximum Gasteiger partial charge on any atom is 0.314 e. The maximum atomic E-state index is 14.8. The summed E-state index contributed by atoms with van der Waals surface area (Å²) in [4.78, 5) is 21.0. The summed E-state index contributed by atoms with van der Waals surface area (Å²) in [6.07, 6.45) is 17.0. The summed E-state index contributed by atoms with van der Waals surface area (Å²) in [5, 5.41) is 0. The lowest BCUT2D eigenvalue weighted by Gasteiger charge is -2.27. The number of unbranched alkanes of at least 4 members (excludes halogenated alkanes) is 7. The first-order chi connectivity index (χ1) is 17.6. The monoisotopic (exact) mass is 498 g/mol. The first-order valence-corrected chi connectivity index (χ1v) is 14.1. The Labute approximate surface area is 216 Å². The molecule has 1 aliphatic carbocycles. The molecule has 3 rings (SSSR count). The van der Waals surface area contributed by atoms with Gasteiger partial charge in [-0.2, -0.15) is 9.37 Å². The van der Waals surface area contributed by atoms with Gasteiger partial charge >= 0.3 is 5.97 Å². The van der Waals surface area contributed by atoms with Crippen molar-refractivity contribution in [2.24, 2.45) is 11.8 Å². The van der Waals surface area contributed by atoms with Gasteiger partial charge in [0.1, 0.15) is 5.75 Å². The molecule has 1 aromatic heterocycles. The zero-order valence-electron chi connectivity index (χ0n) is 22.1. The van der Waals surface area contributed by atoms with E-state index in [1.807, 2.05) is 24.3 Å². The molecule has 198 valence electrons. The Morgan fingerprint density at radius 3 is 2.36 bits per heavy atom. The molecular formula is C30H43FN2O3. The van der Waals surface area contributed by atoms with Crippen LogP contribution in [-0.2, 0) is 4.79 Å². The highest BCUT2D eigenvalue weighted by Crippen LogP contribution is 2.34. The molecule has 0 amide bonds. The Morgan fingerprint density at radius 1 is 0.917 bits per heavy atom. The van der Waals surface area contributed by atoms with Gasteiger partial charge in [0.25, 0.3) is 5.95 Å². The van der Waals surface area contributed by atoms with Crippen LogP contribution < -0.4 is 9.47 Å². The van der Waals surface area contributed by atoms with Crippen molar-refractivity contribution in [3.63, 3.8) is 0 Å². The molecule has 0 unspecified atom stereocenters. The average Bonchev–Trinajstić information content (AvgIpc) is 2.90. The topological polar surface area (TPSA) is 61.3 Å². The lowest BCUT2D eigenvalue weighted by atomic mass is 9.80. The van der Waals surface area contributed by atoms with Crippen LogP contribution in [0.15, 0.2) is 30.5 Å². The summed E-state index contributed by atoms with van der Waals surface area (Å²) in [7, 11) is 0. The van der Waals surface area contributed by atoms with Crippen LogP contribution in [0.4, 0.5) is 4.39 Å². The molecule has 2 aromatic rings. The molecule has 0 atom stereocenters. The highest BCUT2D eigenvalue weighted by Gasteiger charge is 2.28. The van der Waals surface area contributed by atoms with E-state index in [1.165, 1.54) is 57.6 Å². The molecule has 36 heavy (non-hydrogen) atoms. The molecule has 1 aliphatic rings. The molecular weight excluding hydrogens is 455 g/mol. The smallest absolute Gasteiger partial charge is 0.314 e.